The summed E-state index contributed by atoms with van der Waals surface area (Å²) < 4.78 is 20.4. The highest BCUT2D eigenvalue weighted by Gasteiger charge is 2.18. The van der Waals surface area contributed by atoms with Crippen molar-refractivity contribution in [1.82, 2.24) is 40.0 Å². The molecular weight excluding hydrogens is 561 g/mol. The second-order valence-corrected chi connectivity index (χ2v) is 11.2. The van der Waals surface area contributed by atoms with E-state index in [1.165, 1.54) is 12.1 Å². The highest BCUT2D eigenvalue weighted by molar-refractivity contribution is 5.95. The van der Waals surface area contributed by atoms with Gasteiger partial charge >= 0.3 is 0 Å². The lowest BCUT2D eigenvalue weighted by Crippen LogP contribution is -2.19. The number of halogens is 1. The van der Waals surface area contributed by atoms with Gasteiger partial charge in [0.2, 0.25) is 5.91 Å². The lowest BCUT2D eigenvalue weighted by atomic mass is 10.1. The number of ether oxygens (including phenoxy) is 1. The quantitative estimate of drug-likeness (QED) is 0.184. The zero-order valence-corrected chi connectivity index (χ0v) is 24.8. The van der Waals surface area contributed by atoms with E-state index in [0.29, 0.717) is 76.0 Å². The van der Waals surface area contributed by atoms with Crippen molar-refractivity contribution >= 4 is 33.7 Å². The van der Waals surface area contributed by atoms with Crippen molar-refractivity contribution in [3.05, 3.63) is 66.9 Å². The lowest BCUT2D eigenvalue weighted by molar-refractivity contribution is -0.116. The smallest absolute Gasteiger partial charge is 0.224 e. The van der Waals surface area contributed by atoms with E-state index in [4.69, 9.17) is 14.7 Å². The maximum absolute atomic E-state index is 14.6. The molecular formula is C32H32FN9O2. The van der Waals surface area contributed by atoms with Gasteiger partial charge in [0.1, 0.15) is 29.2 Å². The van der Waals surface area contributed by atoms with Crippen LogP contribution in [0.5, 0.6) is 5.75 Å². The highest BCUT2D eigenvalue weighted by atomic mass is 19.1. The van der Waals surface area contributed by atoms with Crippen LogP contribution in [0.4, 0.5) is 10.1 Å². The van der Waals surface area contributed by atoms with Crippen molar-refractivity contribution < 1.29 is 13.9 Å². The van der Waals surface area contributed by atoms with Crippen LogP contribution < -0.4 is 10.1 Å². The van der Waals surface area contributed by atoms with Crippen molar-refractivity contribution in [3.8, 4) is 39.8 Å². The number of benzene rings is 1. The largest absolute Gasteiger partial charge is 0.492 e. The number of fused-ring (bicyclic) bond motifs is 2. The Labute approximate surface area is 252 Å². The number of carbonyl (C=O) groups is 1. The standard InChI is InChI=1S/C32H32FN9O2/c1-18(2)11-27(43)36-22-13-20(16-34-17-22)24-5-6-26-30(37-24)31(41-40-26)32-38-25-7-8-35-28(29(25)39-32)19-12-21(33)15-23(14-19)44-10-9-42(3)4/h5-8,12-18H,9-11H2,1-4H3,(H,36,43)(H,38,39)(H,40,41). The van der Waals surface area contributed by atoms with Crippen LogP contribution in [0.25, 0.3) is 56.1 Å². The monoisotopic (exact) mass is 593 g/mol. The molecule has 3 N–H and O–H groups in total. The molecule has 0 spiro atoms. The van der Waals surface area contributed by atoms with E-state index in [0.717, 1.165) is 11.1 Å². The molecule has 5 aromatic heterocycles. The number of anilines is 1. The summed E-state index contributed by atoms with van der Waals surface area (Å²) in [5.74, 6) is 0.661. The number of rotatable bonds is 10. The van der Waals surface area contributed by atoms with Gasteiger partial charge in [0.05, 0.1) is 34.3 Å². The number of amides is 1. The second kappa shape index (κ2) is 12.2. The summed E-state index contributed by atoms with van der Waals surface area (Å²) in [6.07, 6.45) is 5.38. The second-order valence-electron chi connectivity index (χ2n) is 11.2. The van der Waals surface area contributed by atoms with Gasteiger partial charge in [-0.05, 0) is 56.4 Å². The van der Waals surface area contributed by atoms with Gasteiger partial charge in [0, 0.05) is 42.6 Å². The molecule has 224 valence electrons. The summed E-state index contributed by atoms with van der Waals surface area (Å²) in [5, 5.41) is 10.4. The van der Waals surface area contributed by atoms with Gasteiger partial charge in [-0.25, -0.2) is 14.4 Å². The molecule has 0 fully saturated rings. The van der Waals surface area contributed by atoms with Gasteiger partial charge in [-0.15, -0.1) is 0 Å². The number of aromatic amines is 2. The highest BCUT2D eigenvalue weighted by Crippen LogP contribution is 2.32. The first-order valence-electron chi connectivity index (χ1n) is 14.3. The van der Waals surface area contributed by atoms with E-state index in [2.05, 4.69) is 30.5 Å². The Kier molecular flexibility index (Phi) is 7.99. The van der Waals surface area contributed by atoms with E-state index < -0.39 is 5.82 Å². The predicted molar refractivity (Wildman–Crippen MR) is 168 cm³/mol. The number of hydrogen-bond donors (Lipinski definition) is 3. The van der Waals surface area contributed by atoms with E-state index in [9.17, 15) is 9.18 Å². The van der Waals surface area contributed by atoms with Crippen LogP contribution in [0, 0.1) is 11.7 Å². The van der Waals surface area contributed by atoms with E-state index in [1.807, 2.05) is 57.1 Å². The van der Waals surface area contributed by atoms with Crippen molar-refractivity contribution in [2.45, 2.75) is 20.3 Å². The Hall–Kier alpha value is -5.23. The Bertz CT molecular complexity index is 1960. The lowest BCUT2D eigenvalue weighted by Gasteiger charge is -2.12. The minimum Gasteiger partial charge on any atom is -0.492 e. The third-order valence-electron chi connectivity index (χ3n) is 6.90. The molecule has 0 aliphatic carbocycles. The summed E-state index contributed by atoms with van der Waals surface area (Å²) in [6, 6.07) is 11.9. The van der Waals surface area contributed by atoms with Crippen LogP contribution in [0.15, 0.2) is 61.1 Å². The van der Waals surface area contributed by atoms with E-state index in [-0.39, 0.29) is 11.8 Å². The number of likely N-dealkylation sites (N-methyl/N-ethyl adjacent to an activating group) is 1. The van der Waals surface area contributed by atoms with Gasteiger partial charge in [-0.2, -0.15) is 5.10 Å². The Morgan fingerprint density at radius 3 is 2.66 bits per heavy atom. The number of imidazole rings is 1. The number of pyridine rings is 3. The summed E-state index contributed by atoms with van der Waals surface area (Å²) >= 11 is 0. The van der Waals surface area contributed by atoms with Crippen LogP contribution in [0.3, 0.4) is 0 Å². The molecule has 0 bridgehead atoms. The van der Waals surface area contributed by atoms with Crippen molar-refractivity contribution in [2.75, 3.05) is 32.6 Å². The molecule has 6 aromatic rings. The number of H-pyrrole nitrogens is 2. The Morgan fingerprint density at radius 2 is 1.84 bits per heavy atom. The molecule has 0 atom stereocenters. The summed E-state index contributed by atoms with van der Waals surface area (Å²) in [4.78, 5) is 36.1. The van der Waals surface area contributed by atoms with Crippen LogP contribution in [0.1, 0.15) is 20.3 Å². The fourth-order valence-corrected chi connectivity index (χ4v) is 4.84. The van der Waals surface area contributed by atoms with Crippen LogP contribution in [-0.4, -0.2) is 73.2 Å². The predicted octanol–water partition coefficient (Wildman–Crippen LogP) is 5.69. The third-order valence-corrected chi connectivity index (χ3v) is 6.90. The van der Waals surface area contributed by atoms with Crippen LogP contribution in [-0.2, 0) is 4.79 Å². The van der Waals surface area contributed by atoms with Gasteiger partial charge in [-0.1, -0.05) is 13.8 Å². The van der Waals surface area contributed by atoms with E-state index >= 15 is 0 Å². The van der Waals surface area contributed by atoms with Crippen molar-refractivity contribution in [1.29, 1.82) is 0 Å². The average Bonchev–Trinajstić information content (AvgIpc) is 3.60. The summed E-state index contributed by atoms with van der Waals surface area (Å²) in [5.41, 5.74) is 6.19. The minimum atomic E-state index is -0.426. The van der Waals surface area contributed by atoms with Crippen molar-refractivity contribution in [3.63, 3.8) is 0 Å². The first-order valence-corrected chi connectivity index (χ1v) is 14.3. The number of carbonyl (C=O) groups excluding carboxylic acids is 1. The van der Waals surface area contributed by atoms with Crippen LogP contribution in [0.2, 0.25) is 0 Å². The molecule has 0 aliphatic heterocycles. The maximum atomic E-state index is 14.6. The first-order chi connectivity index (χ1) is 21.2. The zero-order valence-electron chi connectivity index (χ0n) is 24.8. The fraction of sp³-hybridized carbons (Fsp3) is 0.250. The average molecular weight is 594 g/mol. The Morgan fingerprint density at radius 1 is 1.00 bits per heavy atom. The molecule has 44 heavy (non-hydrogen) atoms. The molecule has 1 aromatic carbocycles. The molecule has 11 nitrogen and oxygen atoms in total. The number of hydrogen-bond acceptors (Lipinski definition) is 8. The van der Waals surface area contributed by atoms with Crippen LogP contribution >= 0.6 is 0 Å². The molecule has 0 unspecified atom stereocenters. The first kappa shape index (κ1) is 28.9. The molecule has 5 heterocycles. The summed E-state index contributed by atoms with van der Waals surface area (Å²) in [6.45, 7) is 5.12. The topological polar surface area (TPSA) is 138 Å². The van der Waals surface area contributed by atoms with Gasteiger partial charge in [-0.3, -0.25) is 19.9 Å². The molecule has 1 amide bonds. The molecule has 0 saturated heterocycles. The number of nitrogens with zero attached hydrogens (tertiary/aromatic N) is 6. The zero-order chi connectivity index (χ0) is 30.8. The number of nitrogens with one attached hydrogen (secondary N) is 3. The van der Waals surface area contributed by atoms with Gasteiger partial charge < -0.3 is 19.9 Å². The molecule has 0 aliphatic rings. The molecule has 6 rings (SSSR count). The van der Waals surface area contributed by atoms with E-state index in [1.54, 1.807) is 24.7 Å². The SMILES string of the molecule is CC(C)CC(=O)Nc1cncc(-c2ccc3[nH]nc(-c4nc5c(-c6cc(F)cc(OCCN(C)C)c6)nccc5[nH]4)c3n2)c1. The normalized spacial score (nSPS) is 11.6. The molecule has 12 heteroatoms. The van der Waals surface area contributed by atoms with Gasteiger partial charge in [0.15, 0.2) is 11.5 Å². The molecule has 0 radical (unpaired) electrons. The molecule has 0 saturated carbocycles. The third kappa shape index (κ3) is 6.25. The minimum absolute atomic E-state index is 0.0652. The fourth-order valence-electron chi connectivity index (χ4n) is 4.84. The summed E-state index contributed by atoms with van der Waals surface area (Å²) in [7, 11) is 3.90. The Balaban J connectivity index is 1.33. The van der Waals surface area contributed by atoms with Crippen molar-refractivity contribution in [2.24, 2.45) is 5.92 Å². The number of aromatic nitrogens is 7. The maximum Gasteiger partial charge on any atom is 0.224 e. The van der Waals surface area contributed by atoms with Gasteiger partial charge in [0.25, 0.3) is 0 Å².